The lowest BCUT2D eigenvalue weighted by atomic mass is 9.67. The molecule has 142 valence electrons. The average Bonchev–Trinajstić information content (AvgIpc) is 2.55. The normalized spacial score (nSPS) is 20.8. The summed E-state index contributed by atoms with van der Waals surface area (Å²) in [6, 6.07) is 0. The van der Waals surface area contributed by atoms with Crippen LogP contribution < -0.4 is 10.6 Å². The minimum absolute atomic E-state index is 0. The van der Waals surface area contributed by atoms with Gasteiger partial charge in [-0.3, -0.25) is 9.89 Å². The van der Waals surface area contributed by atoms with E-state index in [1.165, 1.54) is 19.3 Å². The number of hydrogen-bond donors (Lipinski definition) is 2. The Hall–Kier alpha value is -0.120. The van der Waals surface area contributed by atoms with Crippen LogP contribution in [0.15, 0.2) is 4.99 Å². The molecule has 2 N–H and O–H groups in total. The maximum Gasteiger partial charge on any atom is 0.191 e. The van der Waals surface area contributed by atoms with E-state index >= 15 is 0 Å². The first kappa shape index (κ1) is 21.9. The van der Waals surface area contributed by atoms with Crippen molar-refractivity contribution in [2.24, 2.45) is 10.4 Å². The maximum absolute atomic E-state index is 5.54. The topological polar surface area (TPSA) is 58.1 Å². The number of ether oxygens (including phenoxy) is 2. The van der Waals surface area contributed by atoms with Crippen molar-refractivity contribution in [1.29, 1.82) is 0 Å². The van der Waals surface area contributed by atoms with Gasteiger partial charge < -0.3 is 20.1 Å². The van der Waals surface area contributed by atoms with Crippen molar-refractivity contribution in [3.05, 3.63) is 0 Å². The second kappa shape index (κ2) is 12.3. The third kappa shape index (κ3) is 7.41. The van der Waals surface area contributed by atoms with E-state index in [-0.39, 0.29) is 24.0 Å². The smallest absolute Gasteiger partial charge is 0.191 e. The molecule has 1 saturated carbocycles. The number of halogens is 1. The summed E-state index contributed by atoms with van der Waals surface area (Å²) in [5.74, 6) is 0.918. The van der Waals surface area contributed by atoms with E-state index in [0.29, 0.717) is 5.41 Å². The molecule has 2 rings (SSSR count). The van der Waals surface area contributed by atoms with Gasteiger partial charge in [0.15, 0.2) is 5.96 Å². The van der Waals surface area contributed by atoms with Gasteiger partial charge in [-0.2, -0.15) is 0 Å². The minimum atomic E-state index is 0. The van der Waals surface area contributed by atoms with Crippen molar-refractivity contribution in [2.75, 3.05) is 66.2 Å². The van der Waals surface area contributed by atoms with Gasteiger partial charge in [-0.25, -0.2) is 0 Å². The first-order valence-electron chi connectivity index (χ1n) is 9.10. The Morgan fingerprint density at radius 2 is 2.00 bits per heavy atom. The largest absolute Gasteiger partial charge is 0.382 e. The molecule has 1 aliphatic heterocycles. The van der Waals surface area contributed by atoms with Gasteiger partial charge in [-0.05, 0) is 31.6 Å². The zero-order chi connectivity index (χ0) is 16.4. The van der Waals surface area contributed by atoms with Gasteiger partial charge in [0.1, 0.15) is 0 Å². The molecule has 0 aromatic carbocycles. The molecule has 0 bridgehead atoms. The fraction of sp³-hybridized carbons (Fsp3) is 0.941. The molecule has 0 atom stereocenters. The molecule has 1 saturated heterocycles. The Morgan fingerprint density at radius 3 is 2.58 bits per heavy atom. The van der Waals surface area contributed by atoms with Crippen molar-refractivity contribution in [3.8, 4) is 0 Å². The molecular weight excluding hydrogens is 419 g/mol. The predicted octanol–water partition coefficient (Wildman–Crippen LogP) is 1.70. The molecule has 0 spiro atoms. The molecule has 0 radical (unpaired) electrons. The van der Waals surface area contributed by atoms with Gasteiger partial charge in [-0.15, -0.1) is 24.0 Å². The predicted molar refractivity (Wildman–Crippen MR) is 109 cm³/mol. The van der Waals surface area contributed by atoms with Crippen LogP contribution >= 0.6 is 24.0 Å². The van der Waals surface area contributed by atoms with Crippen molar-refractivity contribution in [1.82, 2.24) is 15.5 Å². The lowest BCUT2D eigenvalue weighted by molar-refractivity contribution is 0.0388. The molecule has 6 nitrogen and oxygen atoms in total. The molecule has 0 aromatic rings. The Morgan fingerprint density at radius 1 is 1.25 bits per heavy atom. The number of nitrogens with one attached hydrogen (secondary N) is 2. The summed E-state index contributed by atoms with van der Waals surface area (Å²) in [6.45, 7) is 10.5. The van der Waals surface area contributed by atoms with E-state index in [4.69, 9.17) is 9.47 Å². The molecule has 1 aliphatic carbocycles. The van der Waals surface area contributed by atoms with Crippen LogP contribution in [-0.2, 0) is 9.47 Å². The number of aliphatic imine (C=N–C) groups is 1. The Bertz CT molecular complexity index is 358. The van der Waals surface area contributed by atoms with Crippen molar-refractivity contribution in [2.45, 2.75) is 32.6 Å². The van der Waals surface area contributed by atoms with E-state index < -0.39 is 0 Å². The van der Waals surface area contributed by atoms with Crippen molar-refractivity contribution in [3.63, 3.8) is 0 Å². The lowest BCUT2D eigenvalue weighted by Gasteiger charge is -2.42. The van der Waals surface area contributed by atoms with Crippen LogP contribution in [0.5, 0.6) is 0 Å². The Labute approximate surface area is 164 Å². The van der Waals surface area contributed by atoms with Gasteiger partial charge >= 0.3 is 0 Å². The summed E-state index contributed by atoms with van der Waals surface area (Å²) in [7, 11) is 1.84. The monoisotopic (exact) mass is 454 g/mol. The SMILES string of the molecule is CCOCCC1(CNC(=NC)NCCN2CCOCC2)CCC1.I. The summed E-state index contributed by atoms with van der Waals surface area (Å²) in [5.41, 5.74) is 0.414. The first-order chi connectivity index (χ1) is 11.3. The molecule has 2 aliphatic rings. The van der Waals surface area contributed by atoms with Crippen LogP contribution in [0, 0.1) is 5.41 Å². The van der Waals surface area contributed by atoms with E-state index in [9.17, 15) is 0 Å². The van der Waals surface area contributed by atoms with Crippen LogP contribution in [0.2, 0.25) is 0 Å². The highest BCUT2D eigenvalue weighted by Crippen LogP contribution is 2.43. The number of hydrogen-bond acceptors (Lipinski definition) is 4. The standard InChI is InChI=1S/C17H34N4O2.HI/c1-3-22-12-7-17(5-4-6-17)15-20-16(18-2)19-8-9-21-10-13-23-14-11-21;/h3-15H2,1-2H3,(H2,18,19,20);1H. The maximum atomic E-state index is 5.54. The van der Waals surface area contributed by atoms with Crippen LogP contribution in [0.25, 0.3) is 0 Å². The van der Waals surface area contributed by atoms with E-state index in [0.717, 1.165) is 71.5 Å². The number of guanidine groups is 1. The number of rotatable bonds is 9. The molecule has 24 heavy (non-hydrogen) atoms. The second-order valence-electron chi connectivity index (χ2n) is 6.61. The van der Waals surface area contributed by atoms with Crippen molar-refractivity contribution < 1.29 is 9.47 Å². The Balaban J connectivity index is 0.00000288. The fourth-order valence-corrected chi connectivity index (χ4v) is 3.27. The van der Waals surface area contributed by atoms with Gasteiger partial charge in [0.05, 0.1) is 13.2 Å². The third-order valence-electron chi connectivity index (χ3n) is 5.07. The summed E-state index contributed by atoms with van der Waals surface area (Å²) in [6.07, 6.45) is 5.10. The lowest BCUT2D eigenvalue weighted by Crippen LogP contribution is -2.48. The number of nitrogens with zero attached hydrogens (tertiary/aromatic N) is 2. The highest BCUT2D eigenvalue weighted by atomic mass is 127. The van der Waals surface area contributed by atoms with Crippen LogP contribution in [0.4, 0.5) is 0 Å². The molecule has 0 unspecified atom stereocenters. The molecule has 7 heteroatoms. The first-order valence-corrected chi connectivity index (χ1v) is 9.10. The highest BCUT2D eigenvalue weighted by Gasteiger charge is 2.36. The average molecular weight is 454 g/mol. The molecule has 2 fully saturated rings. The quantitative estimate of drug-likeness (QED) is 0.241. The summed E-state index contributed by atoms with van der Waals surface area (Å²) in [4.78, 5) is 6.78. The summed E-state index contributed by atoms with van der Waals surface area (Å²) in [5, 5.41) is 6.95. The molecule has 0 aromatic heterocycles. The van der Waals surface area contributed by atoms with E-state index in [1.54, 1.807) is 0 Å². The van der Waals surface area contributed by atoms with Crippen LogP contribution in [0.1, 0.15) is 32.6 Å². The molecule has 1 heterocycles. The minimum Gasteiger partial charge on any atom is -0.382 e. The zero-order valence-electron chi connectivity index (χ0n) is 15.3. The number of morpholine rings is 1. The third-order valence-corrected chi connectivity index (χ3v) is 5.07. The van der Waals surface area contributed by atoms with Gasteiger partial charge in [-0.1, -0.05) is 6.42 Å². The Kier molecular flexibility index (Phi) is 11.2. The molecule has 0 amide bonds. The zero-order valence-corrected chi connectivity index (χ0v) is 17.6. The second-order valence-corrected chi connectivity index (χ2v) is 6.61. The van der Waals surface area contributed by atoms with Gasteiger partial charge in [0.25, 0.3) is 0 Å². The molecular formula is C17H35IN4O2. The highest BCUT2D eigenvalue weighted by molar-refractivity contribution is 14.0. The summed E-state index contributed by atoms with van der Waals surface area (Å²) < 4.78 is 10.9. The fourth-order valence-electron chi connectivity index (χ4n) is 3.27. The van der Waals surface area contributed by atoms with Crippen molar-refractivity contribution >= 4 is 29.9 Å². The summed E-state index contributed by atoms with van der Waals surface area (Å²) >= 11 is 0. The van der Waals surface area contributed by atoms with Crippen LogP contribution in [-0.4, -0.2) is 77.1 Å². The van der Waals surface area contributed by atoms with E-state index in [2.05, 4.69) is 27.4 Å². The van der Waals surface area contributed by atoms with Gasteiger partial charge in [0, 0.05) is 53.0 Å². The van der Waals surface area contributed by atoms with Crippen LogP contribution in [0.3, 0.4) is 0 Å². The van der Waals surface area contributed by atoms with E-state index in [1.807, 2.05) is 7.05 Å². The van der Waals surface area contributed by atoms with Gasteiger partial charge in [0.2, 0.25) is 0 Å².